The SMILES string of the molecule is CCOC(=O)/C=C\N(C#N)c1ccc(I)cc1. The zero-order chi connectivity index (χ0) is 12.7. The summed E-state index contributed by atoms with van der Waals surface area (Å²) in [5.74, 6) is -0.460. The molecule has 0 radical (unpaired) electrons. The first-order valence-electron chi connectivity index (χ1n) is 4.97. The maximum atomic E-state index is 11.1. The van der Waals surface area contributed by atoms with E-state index in [0.29, 0.717) is 12.3 Å². The lowest BCUT2D eigenvalue weighted by Gasteiger charge is -2.09. The third kappa shape index (κ3) is 4.44. The quantitative estimate of drug-likeness (QED) is 0.278. The van der Waals surface area contributed by atoms with Crippen molar-refractivity contribution in [2.24, 2.45) is 0 Å². The maximum Gasteiger partial charge on any atom is 0.332 e. The highest BCUT2D eigenvalue weighted by Crippen LogP contribution is 2.15. The van der Waals surface area contributed by atoms with Gasteiger partial charge in [-0.3, -0.25) is 4.90 Å². The molecule has 0 fully saturated rings. The van der Waals surface area contributed by atoms with Gasteiger partial charge in [-0.1, -0.05) is 0 Å². The Labute approximate surface area is 114 Å². The van der Waals surface area contributed by atoms with Gasteiger partial charge in [0.1, 0.15) is 0 Å². The molecular formula is C12H11IN2O2. The van der Waals surface area contributed by atoms with Crippen LogP contribution < -0.4 is 4.90 Å². The van der Waals surface area contributed by atoms with Crippen LogP contribution in [-0.4, -0.2) is 12.6 Å². The molecule has 1 aromatic carbocycles. The van der Waals surface area contributed by atoms with Gasteiger partial charge in [0.25, 0.3) is 0 Å². The lowest BCUT2D eigenvalue weighted by molar-refractivity contribution is -0.137. The van der Waals surface area contributed by atoms with Crippen molar-refractivity contribution in [1.82, 2.24) is 0 Å². The van der Waals surface area contributed by atoms with Crippen molar-refractivity contribution in [2.45, 2.75) is 6.92 Å². The molecule has 0 saturated heterocycles. The summed E-state index contributed by atoms with van der Waals surface area (Å²) in [6.45, 7) is 2.05. The Bertz CT molecular complexity index is 449. The number of nitrogens with zero attached hydrogens (tertiary/aromatic N) is 2. The van der Waals surface area contributed by atoms with Crippen LogP contribution in [0.15, 0.2) is 36.5 Å². The molecule has 5 heteroatoms. The lowest BCUT2D eigenvalue weighted by atomic mass is 10.3. The molecule has 0 aliphatic heterocycles. The zero-order valence-corrected chi connectivity index (χ0v) is 11.4. The number of anilines is 1. The van der Waals surface area contributed by atoms with E-state index in [4.69, 9.17) is 10.00 Å². The Kier molecular flexibility index (Phi) is 5.49. The molecule has 0 atom stereocenters. The Morgan fingerprint density at radius 2 is 2.18 bits per heavy atom. The minimum Gasteiger partial charge on any atom is -0.463 e. The van der Waals surface area contributed by atoms with Gasteiger partial charge in [-0.25, -0.2) is 4.79 Å². The van der Waals surface area contributed by atoms with E-state index in [9.17, 15) is 4.79 Å². The first kappa shape index (κ1) is 13.5. The van der Waals surface area contributed by atoms with Gasteiger partial charge in [-0.2, -0.15) is 5.26 Å². The summed E-state index contributed by atoms with van der Waals surface area (Å²) in [6.07, 6.45) is 4.59. The van der Waals surface area contributed by atoms with Crippen molar-refractivity contribution < 1.29 is 9.53 Å². The molecule has 0 spiro atoms. The predicted octanol–water partition coefficient (Wildman–Crippen LogP) is 2.66. The largest absolute Gasteiger partial charge is 0.463 e. The second kappa shape index (κ2) is 6.91. The standard InChI is InChI=1S/C12H11IN2O2/c1-2-17-12(16)7-8-15(9-14)11-5-3-10(13)4-6-11/h3-8H,2H2,1H3/b8-7-. The molecule has 17 heavy (non-hydrogen) atoms. The van der Waals surface area contributed by atoms with Crippen molar-refractivity contribution >= 4 is 34.2 Å². The summed E-state index contributed by atoms with van der Waals surface area (Å²) in [6, 6.07) is 7.39. The number of hydrogen-bond donors (Lipinski definition) is 0. The van der Waals surface area contributed by atoms with Crippen molar-refractivity contribution in [3.05, 3.63) is 40.1 Å². The molecular weight excluding hydrogens is 331 g/mol. The monoisotopic (exact) mass is 342 g/mol. The van der Waals surface area contributed by atoms with Gasteiger partial charge in [0.05, 0.1) is 12.3 Å². The van der Waals surface area contributed by atoms with E-state index in [0.717, 1.165) is 3.57 Å². The van der Waals surface area contributed by atoms with Gasteiger partial charge in [0.2, 0.25) is 0 Å². The third-order valence-electron chi connectivity index (χ3n) is 1.86. The highest BCUT2D eigenvalue weighted by molar-refractivity contribution is 14.1. The van der Waals surface area contributed by atoms with Gasteiger partial charge in [0, 0.05) is 15.8 Å². The fraction of sp³-hybridized carbons (Fsp3) is 0.167. The molecule has 0 bridgehead atoms. The summed E-state index contributed by atoms with van der Waals surface area (Å²) in [7, 11) is 0. The van der Waals surface area contributed by atoms with Gasteiger partial charge < -0.3 is 4.74 Å². The van der Waals surface area contributed by atoms with E-state index in [2.05, 4.69) is 22.6 Å². The van der Waals surface area contributed by atoms with Crippen LogP contribution in [0.25, 0.3) is 0 Å². The van der Waals surface area contributed by atoms with E-state index in [-0.39, 0.29) is 0 Å². The van der Waals surface area contributed by atoms with Crippen LogP contribution in [0.1, 0.15) is 6.92 Å². The number of benzene rings is 1. The molecule has 0 aliphatic rings. The Balaban J connectivity index is 2.76. The summed E-state index contributed by atoms with van der Waals surface area (Å²) < 4.78 is 5.81. The normalized spacial score (nSPS) is 9.94. The van der Waals surface area contributed by atoms with Gasteiger partial charge in [-0.05, 0) is 53.8 Å². The van der Waals surface area contributed by atoms with Crippen molar-refractivity contribution in [3.63, 3.8) is 0 Å². The molecule has 0 heterocycles. The van der Waals surface area contributed by atoms with Crippen LogP contribution >= 0.6 is 22.6 Å². The minimum absolute atomic E-state index is 0.319. The Morgan fingerprint density at radius 3 is 2.71 bits per heavy atom. The molecule has 0 amide bonds. The van der Waals surface area contributed by atoms with E-state index in [1.54, 1.807) is 19.1 Å². The topological polar surface area (TPSA) is 53.3 Å². The number of ether oxygens (including phenoxy) is 1. The van der Waals surface area contributed by atoms with Gasteiger partial charge >= 0.3 is 5.97 Å². The summed E-state index contributed by atoms with van der Waals surface area (Å²) >= 11 is 2.18. The number of carbonyl (C=O) groups excluding carboxylic acids is 1. The Morgan fingerprint density at radius 1 is 1.53 bits per heavy atom. The van der Waals surface area contributed by atoms with E-state index in [1.807, 2.05) is 18.3 Å². The lowest BCUT2D eigenvalue weighted by Crippen LogP contribution is -2.09. The molecule has 88 valence electrons. The van der Waals surface area contributed by atoms with Crippen LogP contribution in [0.4, 0.5) is 5.69 Å². The van der Waals surface area contributed by atoms with Crippen LogP contribution in [0.2, 0.25) is 0 Å². The summed E-state index contributed by atoms with van der Waals surface area (Å²) in [5.41, 5.74) is 0.702. The zero-order valence-electron chi connectivity index (χ0n) is 9.26. The highest BCUT2D eigenvalue weighted by Gasteiger charge is 2.02. The molecule has 4 nitrogen and oxygen atoms in total. The number of rotatable bonds is 4. The fourth-order valence-electron chi connectivity index (χ4n) is 1.10. The number of carbonyl (C=O) groups is 1. The smallest absolute Gasteiger partial charge is 0.332 e. The van der Waals surface area contributed by atoms with Crippen LogP contribution in [0.3, 0.4) is 0 Å². The minimum atomic E-state index is -0.460. The predicted molar refractivity (Wildman–Crippen MR) is 73.0 cm³/mol. The molecule has 0 saturated carbocycles. The average molecular weight is 342 g/mol. The molecule has 0 N–H and O–H groups in total. The van der Waals surface area contributed by atoms with E-state index >= 15 is 0 Å². The van der Waals surface area contributed by atoms with Crippen LogP contribution in [0, 0.1) is 15.0 Å². The fourth-order valence-corrected chi connectivity index (χ4v) is 1.46. The molecule has 0 aromatic heterocycles. The molecule has 1 rings (SSSR count). The highest BCUT2D eigenvalue weighted by atomic mass is 127. The number of nitriles is 1. The van der Waals surface area contributed by atoms with Crippen LogP contribution in [-0.2, 0) is 9.53 Å². The third-order valence-corrected chi connectivity index (χ3v) is 2.58. The molecule has 0 unspecified atom stereocenters. The second-order valence-corrected chi connectivity index (χ2v) is 4.26. The van der Waals surface area contributed by atoms with E-state index in [1.165, 1.54) is 17.2 Å². The summed E-state index contributed by atoms with van der Waals surface area (Å²) in [4.78, 5) is 12.4. The van der Waals surface area contributed by atoms with E-state index < -0.39 is 5.97 Å². The van der Waals surface area contributed by atoms with Crippen molar-refractivity contribution in [1.29, 1.82) is 5.26 Å². The number of esters is 1. The maximum absolute atomic E-state index is 11.1. The van der Waals surface area contributed by atoms with Crippen LogP contribution in [0.5, 0.6) is 0 Å². The molecule has 1 aromatic rings. The average Bonchev–Trinajstić information content (AvgIpc) is 2.32. The number of halogens is 1. The van der Waals surface area contributed by atoms with Crippen molar-refractivity contribution in [2.75, 3.05) is 11.5 Å². The van der Waals surface area contributed by atoms with Crippen molar-refractivity contribution in [3.8, 4) is 6.19 Å². The first-order chi connectivity index (χ1) is 8.17. The summed E-state index contributed by atoms with van der Waals surface area (Å²) in [5, 5.41) is 8.96. The Hall–Kier alpha value is -1.55. The molecule has 0 aliphatic carbocycles. The first-order valence-corrected chi connectivity index (χ1v) is 6.04. The second-order valence-electron chi connectivity index (χ2n) is 3.01. The van der Waals surface area contributed by atoms with Gasteiger partial charge in [0.15, 0.2) is 6.19 Å². The number of hydrogen-bond acceptors (Lipinski definition) is 4. The van der Waals surface area contributed by atoms with Gasteiger partial charge in [-0.15, -0.1) is 0 Å².